The highest BCUT2D eigenvalue weighted by Crippen LogP contribution is 2.82. The summed E-state index contributed by atoms with van der Waals surface area (Å²) in [5.74, 6) is -2.64. The second kappa shape index (κ2) is 3.83. The molecule has 2 aliphatic heterocycles. The topological polar surface area (TPSA) is 104 Å². The zero-order chi connectivity index (χ0) is 15.6. The lowest BCUT2D eigenvalue weighted by Crippen LogP contribution is -2.38. The van der Waals surface area contributed by atoms with Crippen molar-refractivity contribution in [3.63, 3.8) is 0 Å². The van der Waals surface area contributed by atoms with E-state index in [4.69, 9.17) is 15.2 Å². The Labute approximate surface area is 125 Å². The molecule has 1 spiro atoms. The van der Waals surface area contributed by atoms with Gasteiger partial charge in [-0.1, -0.05) is 12.1 Å². The van der Waals surface area contributed by atoms with Gasteiger partial charge in [-0.15, -0.1) is 0 Å². The molecule has 6 nitrogen and oxygen atoms in total. The first kappa shape index (κ1) is 13.2. The Morgan fingerprint density at radius 1 is 1.27 bits per heavy atom. The van der Waals surface area contributed by atoms with Crippen LogP contribution in [0.25, 0.3) is 0 Å². The Morgan fingerprint density at radius 3 is 2.59 bits per heavy atom. The molecule has 2 N–H and O–H groups in total. The van der Waals surface area contributed by atoms with Gasteiger partial charge in [-0.2, -0.15) is 10.5 Å². The number of hydrogen-bond acceptors (Lipinski definition) is 6. The molecule has 3 atom stereocenters. The molecular weight excluding hydrogens is 287 g/mol. The van der Waals surface area contributed by atoms with Gasteiger partial charge in [0.2, 0.25) is 0 Å². The summed E-state index contributed by atoms with van der Waals surface area (Å²) in [4.78, 5) is 4.15. The number of hydrogen-bond donors (Lipinski definition) is 1. The Kier molecular flexibility index (Phi) is 2.30. The van der Waals surface area contributed by atoms with Gasteiger partial charge in [0.25, 0.3) is 5.91 Å². The summed E-state index contributed by atoms with van der Waals surface area (Å²) in [5, 5.41) is 19.5. The lowest BCUT2D eigenvalue weighted by atomic mass is 9.94. The minimum atomic E-state index is -1.57. The molecule has 1 aromatic rings. The van der Waals surface area contributed by atoms with Gasteiger partial charge in [-0.3, -0.25) is 0 Å². The summed E-state index contributed by atoms with van der Waals surface area (Å²) in [6.45, 7) is 0.523. The highest BCUT2D eigenvalue weighted by Gasteiger charge is 2.94. The van der Waals surface area contributed by atoms with Crippen molar-refractivity contribution in [2.24, 2.45) is 21.6 Å². The van der Waals surface area contributed by atoms with Gasteiger partial charge in [0, 0.05) is 5.92 Å². The number of nitrogens with two attached hydrogens (primary N) is 1. The maximum Gasteiger partial charge on any atom is 0.293 e. The highest BCUT2D eigenvalue weighted by molar-refractivity contribution is 6.00. The van der Waals surface area contributed by atoms with Crippen molar-refractivity contribution < 1.29 is 13.9 Å². The molecule has 4 rings (SSSR count). The van der Waals surface area contributed by atoms with Crippen LogP contribution in [0.1, 0.15) is 11.5 Å². The third kappa shape index (κ3) is 1.11. The van der Waals surface area contributed by atoms with Gasteiger partial charge in [-0.05, 0) is 17.7 Å². The molecule has 0 radical (unpaired) electrons. The average Bonchev–Trinajstić information content (AvgIpc) is 2.77. The maximum atomic E-state index is 13.6. The van der Waals surface area contributed by atoms with E-state index in [0.717, 1.165) is 0 Å². The molecule has 110 valence electrons. The Hall–Kier alpha value is -2.48. The van der Waals surface area contributed by atoms with Crippen molar-refractivity contribution in [1.82, 2.24) is 0 Å². The second-order valence-corrected chi connectivity index (χ2v) is 5.60. The van der Waals surface area contributed by atoms with E-state index < -0.39 is 28.5 Å². The first-order valence-electron chi connectivity index (χ1n) is 6.80. The van der Waals surface area contributed by atoms with E-state index in [1.807, 2.05) is 0 Å². The molecule has 1 aliphatic carbocycles. The standard InChI is InChI=1S/C15H11FN4O2/c16-10-3-1-2-9(6-10)11-13(7-17)12(19)20-15(14(11,13)8-18)21-4-5-22-15/h1-3,6,11H,4-5H2,(H2,19,20)/t11-,13-,14-/m0/s1. The monoisotopic (exact) mass is 298 g/mol. The minimum absolute atomic E-state index is 0.00714. The SMILES string of the molecule is N#C[C@]12C(N)=NC3(OCCO3)[C@@]1(C#N)[C@H]2c1cccc(F)c1. The van der Waals surface area contributed by atoms with E-state index >= 15 is 0 Å². The molecule has 0 unspecified atom stereocenters. The summed E-state index contributed by atoms with van der Waals surface area (Å²) in [7, 11) is 0. The van der Waals surface area contributed by atoms with E-state index in [-0.39, 0.29) is 19.0 Å². The number of fused-ring (bicyclic) bond motifs is 2. The molecule has 2 fully saturated rings. The second-order valence-electron chi connectivity index (χ2n) is 5.60. The van der Waals surface area contributed by atoms with Crippen LogP contribution in [-0.2, 0) is 9.47 Å². The van der Waals surface area contributed by atoms with Crippen LogP contribution in [0.5, 0.6) is 0 Å². The molecule has 1 saturated heterocycles. The lowest BCUT2D eigenvalue weighted by molar-refractivity contribution is -0.184. The Balaban J connectivity index is 1.94. The number of aliphatic imine (C=N–C) groups is 1. The number of halogens is 1. The molecule has 22 heavy (non-hydrogen) atoms. The zero-order valence-corrected chi connectivity index (χ0v) is 11.4. The van der Waals surface area contributed by atoms with Crippen LogP contribution >= 0.6 is 0 Å². The largest absolute Gasteiger partial charge is 0.386 e. The summed E-state index contributed by atoms with van der Waals surface area (Å²) in [6.07, 6.45) is 0. The molecule has 2 heterocycles. The molecule has 1 saturated carbocycles. The van der Waals surface area contributed by atoms with Gasteiger partial charge < -0.3 is 15.2 Å². The number of rotatable bonds is 1. The quantitative estimate of drug-likeness (QED) is 0.833. The van der Waals surface area contributed by atoms with Crippen LogP contribution in [0, 0.1) is 39.3 Å². The van der Waals surface area contributed by atoms with Gasteiger partial charge in [0.15, 0.2) is 5.41 Å². The van der Waals surface area contributed by atoms with Crippen LogP contribution < -0.4 is 5.73 Å². The summed E-state index contributed by atoms with van der Waals surface area (Å²) in [6, 6.07) is 10.1. The molecule has 0 aromatic heterocycles. The molecule has 1 aromatic carbocycles. The van der Waals surface area contributed by atoms with Crippen LogP contribution in [-0.4, -0.2) is 25.0 Å². The van der Waals surface area contributed by atoms with Crippen molar-refractivity contribution in [2.45, 2.75) is 11.8 Å². The first-order chi connectivity index (χ1) is 10.6. The number of ether oxygens (including phenoxy) is 2. The minimum Gasteiger partial charge on any atom is -0.386 e. The zero-order valence-electron chi connectivity index (χ0n) is 11.4. The fourth-order valence-corrected chi connectivity index (χ4v) is 3.90. The molecule has 0 amide bonds. The van der Waals surface area contributed by atoms with Crippen LogP contribution in [0.3, 0.4) is 0 Å². The summed E-state index contributed by atoms with van der Waals surface area (Å²) in [5.41, 5.74) is 3.75. The van der Waals surface area contributed by atoms with Crippen LogP contribution in [0.4, 0.5) is 4.39 Å². The maximum absolute atomic E-state index is 13.6. The van der Waals surface area contributed by atoms with Crippen molar-refractivity contribution >= 4 is 5.84 Å². The summed E-state index contributed by atoms with van der Waals surface area (Å²) < 4.78 is 24.7. The first-order valence-corrected chi connectivity index (χ1v) is 6.80. The van der Waals surface area contributed by atoms with Crippen molar-refractivity contribution in [3.8, 4) is 12.1 Å². The van der Waals surface area contributed by atoms with E-state index in [2.05, 4.69) is 17.1 Å². The number of nitriles is 2. The van der Waals surface area contributed by atoms with Crippen molar-refractivity contribution in [1.29, 1.82) is 10.5 Å². The van der Waals surface area contributed by atoms with Gasteiger partial charge >= 0.3 is 0 Å². The number of nitrogens with zero attached hydrogens (tertiary/aromatic N) is 3. The highest BCUT2D eigenvalue weighted by atomic mass is 19.1. The predicted octanol–water partition coefficient (Wildman–Crippen LogP) is 1.01. The van der Waals surface area contributed by atoms with E-state index in [9.17, 15) is 14.9 Å². The molecule has 7 heteroatoms. The fraction of sp³-hybridized carbons (Fsp3) is 0.400. The third-order valence-corrected chi connectivity index (χ3v) is 4.79. The lowest BCUT2D eigenvalue weighted by Gasteiger charge is -2.25. The van der Waals surface area contributed by atoms with Crippen molar-refractivity contribution in [2.75, 3.05) is 13.2 Å². The van der Waals surface area contributed by atoms with Gasteiger partial charge in [-0.25, -0.2) is 9.38 Å². The van der Waals surface area contributed by atoms with E-state index in [0.29, 0.717) is 5.56 Å². The Morgan fingerprint density at radius 2 is 2.00 bits per heavy atom. The van der Waals surface area contributed by atoms with E-state index in [1.165, 1.54) is 18.2 Å². The number of benzene rings is 1. The van der Waals surface area contributed by atoms with Crippen LogP contribution in [0.2, 0.25) is 0 Å². The molecule has 0 bridgehead atoms. The number of amidine groups is 1. The fourth-order valence-electron chi connectivity index (χ4n) is 3.90. The summed E-state index contributed by atoms with van der Waals surface area (Å²) >= 11 is 0. The molecular formula is C15H11FN4O2. The van der Waals surface area contributed by atoms with Crippen molar-refractivity contribution in [3.05, 3.63) is 35.6 Å². The van der Waals surface area contributed by atoms with E-state index in [1.54, 1.807) is 6.07 Å². The molecule has 3 aliphatic rings. The predicted molar refractivity (Wildman–Crippen MR) is 71.5 cm³/mol. The third-order valence-electron chi connectivity index (χ3n) is 4.79. The normalized spacial score (nSPS) is 37.2. The van der Waals surface area contributed by atoms with Gasteiger partial charge in [0.1, 0.15) is 17.1 Å². The van der Waals surface area contributed by atoms with Gasteiger partial charge in [0.05, 0.1) is 25.4 Å². The smallest absolute Gasteiger partial charge is 0.293 e. The van der Waals surface area contributed by atoms with Crippen LogP contribution in [0.15, 0.2) is 29.3 Å². The average molecular weight is 298 g/mol. The Bertz CT molecular complexity index is 789.